The fourth-order valence-electron chi connectivity index (χ4n) is 2.13. The van der Waals surface area contributed by atoms with E-state index in [1.54, 1.807) is 6.07 Å². The van der Waals surface area contributed by atoms with Crippen LogP contribution in [0.25, 0.3) is 0 Å². The maximum atomic E-state index is 10.8. The average Bonchev–Trinajstić information content (AvgIpc) is 2.41. The zero-order chi connectivity index (χ0) is 14.7. The van der Waals surface area contributed by atoms with Gasteiger partial charge in [0, 0.05) is 36.4 Å². The summed E-state index contributed by atoms with van der Waals surface area (Å²) >= 11 is 6.12. The Morgan fingerprint density at radius 3 is 2.60 bits per heavy atom. The Bertz CT molecular complexity index is 644. The molecule has 0 fully saturated rings. The molecule has 0 amide bonds. The summed E-state index contributed by atoms with van der Waals surface area (Å²) < 4.78 is 0. The summed E-state index contributed by atoms with van der Waals surface area (Å²) in [5.74, 6) is 0. The third-order valence-corrected chi connectivity index (χ3v) is 3.54. The van der Waals surface area contributed by atoms with Crippen LogP contribution in [0.1, 0.15) is 11.1 Å². The van der Waals surface area contributed by atoms with Crippen molar-refractivity contribution < 1.29 is 4.92 Å². The first-order valence-electron chi connectivity index (χ1n) is 6.18. The Kier molecular flexibility index (Phi) is 4.25. The first-order valence-corrected chi connectivity index (χ1v) is 6.56. The van der Waals surface area contributed by atoms with Crippen LogP contribution in [0.3, 0.4) is 0 Å². The first kappa shape index (κ1) is 14.3. The highest BCUT2D eigenvalue weighted by molar-refractivity contribution is 6.31. The lowest BCUT2D eigenvalue weighted by Gasteiger charge is -2.22. The summed E-state index contributed by atoms with van der Waals surface area (Å²) in [7, 11) is 1.94. The van der Waals surface area contributed by atoms with Gasteiger partial charge in [0.2, 0.25) is 0 Å². The van der Waals surface area contributed by atoms with E-state index < -0.39 is 4.92 Å². The monoisotopic (exact) mass is 290 g/mol. The van der Waals surface area contributed by atoms with Gasteiger partial charge < -0.3 is 4.90 Å². The van der Waals surface area contributed by atoms with Crippen molar-refractivity contribution in [2.24, 2.45) is 0 Å². The number of hydrogen-bond donors (Lipinski definition) is 0. The van der Waals surface area contributed by atoms with Crippen molar-refractivity contribution in [1.82, 2.24) is 0 Å². The molecule has 0 saturated carbocycles. The van der Waals surface area contributed by atoms with Gasteiger partial charge in [0.1, 0.15) is 0 Å². The van der Waals surface area contributed by atoms with E-state index in [0.29, 0.717) is 11.6 Å². The van der Waals surface area contributed by atoms with Crippen molar-refractivity contribution in [3.05, 3.63) is 68.7 Å². The van der Waals surface area contributed by atoms with Gasteiger partial charge in [-0.3, -0.25) is 10.1 Å². The summed E-state index contributed by atoms with van der Waals surface area (Å²) in [5, 5.41) is 11.4. The van der Waals surface area contributed by atoms with Crippen LogP contribution in [0.15, 0.2) is 42.5 Å². The minimum Gasteiger partial charge on any atom is -0.370 e. The van der Waals surface area contributed by atoms with E-state index in [9.17, 15) is 10.1 Å². The lowest BCUT2D eigenvalue weighted by molar-refractivity contribution is -0.384. The number of non-ortho nitro benzene ring substituents is 1. The number of anilines is 1. The van der Waals surface area contributed by atoms with Gasteiger partial charge in [0.05, 0.1) is 4.92 Å². The SMILES string of the molecule is Cc1ccccc1N(C)Cc1cc([N+](=O)[O-])ccc1Cl. The molecule has 0 spiro atoms. The van der Waals surface area contributed by atoms with E-state index in [2.05, 4.69) is 0 Å². The molecule has 0 aliphatic rings. The maximum Gasteiger partial charge on any atom is 0.269 e. The summed E-state index contributed by atoms with van der Waals surface area (Å²) in [4.78, 5) is 12.4. The molecule has 0 radical (unpaired) electrons. The Hall–Kier alpha value is -2.07. The molecule has 0 N–H and O–H groups in total. The molecule has 0 heterocycles. The lowest BCUT2D eigenvalue weighted by Crippen LogP contribution is -2.17. The van der Waals surface area contributed by atoms with Crippen molar-refractivity contribution in [3.8, 4) is 0 Å². The zero-order valence-electron chi connectivity index (χ0n) is 11.3. The molecule has 20 heavy (non-hydrogen) atoms. The number of halogens is 1. The third kappa shape index (κ3) is 3.08. The Morgan fingerprint density at radius 2 is 1.95 bits per heavy atom. The van der Waals surface area contributed by atoms with Crippen LogP contribution in [-0.2, 0) is 6.54 Å². The van der Waals surface area contributed by atoms with Crippen LogP contribution in [0.4, 0.5) is 11.4 Å². The van der Waals surface area contributed by atoms with Gasteiger partial charge in [-0.05, 0) is 30.2 Å². The fraction of sp³-hybridized carbons (Fsp3) is 0.200. The number of nitro groups is 1. The molecular formula is C15H15ClN2O2. The Morgan fingerprint density at radius 1 is 1.25 bits per heavy atom. The number of nitro benzene ring substituents is 1. The first-order chi connectivity index (χ1) is 9.49. The van der Waals surface area contributed by atoms with Crippen molar-refractivity contribution in [1.29, 1.82) is 0 Å². The van der Waals surface area contributed by atoms with Crippen LogP contribution < -0.4 is 4.90 Å². The molecule has 0 atom stereocenters. The van der Waals surface area contributed by atoms with Crippen molar-refractivity contribution in [2.75, 3.05) is 11.9 Å². The van der Waals surface area contributed by atoms with Crippen LogP contribution in [0.2, 0.25) is 5.02 Å². The molecule has 5 heteroatoms. The van der Waals surface area contributed by atoms with E-state index >= 15 is 0 Å². The molecule has 2 aromatic carbocycles. The lowest BCUT2D eigenvalue weighted by atomic mass is 10.1. The smallest absolute Gasteiger partial charge is 0.269 e. The highest BCUT2D eigenvalue weighted by atomic mass is 35.5. The van der Waals surface area contributed by atoms with Gasteiger partial charge in [-0.25, -0.2) is 0 Å². The van der Waals surface area contributed by atoms with Gasteiger partial charge in [0.15, 0.2) is 0 Å². The number of aryl methyl sites for hydroxylation is 1. The molecule has 4 nitrogen and oxygen atoms in total. The van der Waals surface area contributed by atoms with E-state index in [0.717, 1.165) is 16.8 Å². The highest BCUT2D eigenvalue weighted by Gasteiger charge is 2.12. The molecule has 2 aromatic rings. The molecule has 0 unspecified atom stereocenters. The number of nitrogens with zero attached hydrogens (tertiary/aromatic N) is 2. The van der Waals surface area contributed by atoms with Gasteiger partial charge in [0.25, 0.3) is 5.69 Å². The largest absolute Gasteiger partial charge is 0.370 e. The Balaban J connectivity index is 2.28. The molecule has 104 valence electrons. The molecule has 0 saturated heterocycles. The van der Waals surface area contributed by atoms with Gasteiger partial charge in [-0.1, -0.05) is 29.8 Å². The minimum atomic E-state index is -0.409. The average molecular weight is 291 g/mol. The van der Waals surface area contributed by atoms with Crippen molar-refractivity contribution in [3.63, 3.8) is 0 Å². The fourth-order valence-corrected chi connectivity index (χ4v) is 2.31. The van der Waals surface area contributed by atoms with Crippen LogP contribution in [0.5, 0.6) is 0 Å². The number of rotatable bonds is 4. The second-order valence-corrected chi connectivity index (χ2v) is 5.08. The summed E-state index contributed by atoms with van der Waals surface area (Å²) in [6.45, 7) is 2.55. The molecule has 0 aromatic heterocycles. The minimum absolute atomic E-state index is 0.0579. The van der Waals surface area contributed by atoms with Crippen LogP contribution in [0, 0.1) is 17.0 Å². The summed E-state index contributed by atoms with van der Waals surface area (Å²) in [6, 6.07) is 12.5. The standard InChI is InChI=1S/C15H15ClN2O2/c1-11-5-3-4-6-15(11)17(2)10-12-9-13(18(19)20)7-8-14(12)16/h3-9H,10H2,1-2H3. The Labute approximate surface area is 122 Å². The van der Waals surface area contributed by atoms with Crippen molar-refractivity contribution >= 4 is 23.0 Å². The zero-order valence-corrected chi connectivity index (χ0v) is 12.1. The van der Waals surface area contributed by atoms with Gasteiger partial charge in [-0.15, -0.1) is 0 Å². The van der Waals surface area contributed by atoms with Crippen LogP contribution >= 0.6 is 11.6 Å². The second kappa shape index (κ2) is 5.92. The highest BCUT2D eigenvalue weighted by Crippen LogP contribution is 2.26. The topological polar surface area (TPSA) is 46.4 Å². The van der Waals surface area contributed by atoms with Crippen LogP contribution in [-0.4, -0.2) is 12.0 Å². The summed E-state index contributed by atoms with van der Waals surface area (Å²) in [5.41, 5.74) is 3.03. The van der Waals surface area contributed by atoms with Gasteiger partial charge >= 0.3 is 0 Å². The van der Waals surface area contributed by atoms with E-state index in [4.69, 9.17) is 11.6 Å². The van der Waals surface area contributed by atoms with E-state index in [1.165, 1.54) is 12.1 Å². The normalized spacial score (nSPS) is 10.3. The number of para-hydroxylation sites is 1. The summed E-state index contributed by atoms with van der Waals surface area (Å²) in [6.07, 6.45) is 0. The second-order valence-electron chi connectivity index (χ2n) is 4.68. The van der Waals surface area contributed by atoms with E-state index in [-0.39, 0.29) is 5.69 Å². The molecule has 0 bridgehead atoms. The van der Waals surface area contributed by atoms with E-state index in [1.807, 2.05) is 43.1 Å². The molecular weight excluding hydrogens is 276 g/mol. The molecule has 0 aliphatic carbocycles. The molecule has 2 rings (SSSR count). The molecule has 0 aliphatic heterocycles. The predicted octanol–water partition coefficient (Wildman–Crippen LogP) is 4.19. The third-order valence-electron chi connectivity index (χ3n) is 3.17. The quantitative estimate of drug-likeness (QED) is 0.626. The maximum absolute atomic E-state index is 10.8. The number of hydrogen-bond acceptors (Lipinski definition) is 3. The van der Waals surface area contributed by atoms with Crippen molar-refractivity contribution in [2.45, 2.75) is 13.5 Å². The number of benzene rings is 2. The van der Waals surface area contributed by atoms with Gasteiger partial charge in [-0.2, -0.15) is 0 Å². The predicted molar refractivity (Wildman–Crippen MR) is 81.4 cm³/mol.